The molecule has 1 saturated heterocycles. The molecule has 1 atom stereocenters. The molecule has 22 heteroatoms. The molecule has 0 saturated carbocycles. The first-order valence-corrected chi connectivity index (χ1v) is 21.3. The van der Waals surface area contributed by atoms with Crippen LogP contribution < -0.4 is 25.4 Å². The maximum Gasteiger partial charge on any atom is 0.417 e. The lowest BCUT2D eigenvalue weighted by molar-refractivity contribution is -0.138. The van der Waals surface area contributed by atoms with Crippen molar-refractivity contribution in [1.29, 1.82) is 0 Å². The number of fused-ring (bicyclic) bond motifs is 1. The van der Waals surface area contributed by atoms with Gasteiger partial charge in [0, 0.05) is 35.8 Å². The molecule has 334 valence electrons. The van der Waals surface area contributed by atoms with Crippen molar-refractivity contribution in [2.45, 2.75) is 30.0 Å². The summed E-state index contributed by atoms with van der Waals surface area (Å²) in [7, 11) is -4.55. The van der Waals surface area contributed by atoms with Gasteiger partial charge in [0.05, 0.1) is 71.9 Å². The Morgan fingerprint density at radius 3 is 2.17 bits per heavy atom. The van der Waals surface area contributed by atoms with Crippen LogP contribution >= 0.6 is 23.2 Å². The van der Waals surface area contributed by atoms with Crippen LogP contribution in [-0.4, -0.2) is 102 Å². The van der Waals surface area contributed by atoms with Crippen molar-refractivity contribution in [3.8, 4) is 11.5 Å². The highest BCUT2D eigenvalue weighted by molar-refractivity contribution is 7.92. The number of ether oxygens (including phenoxy) is 4. The van der Waals surface area contributed by atoms with Gasteiger partial charge >= 0.3 is 6.18 Å². The molecule has 0 spiro atoms. The molecular formula is C41H38Cl2F3N5O11S. The van der Waals surface area contributed by atoms with Gasteiger partial charge in [-0.2, -0.15) is 13.2 Å². The van der Waals surface area contributed by atoms with Crippen LogP contribution in [0, 0.1) is 0 Å². The van der Waals surface area contributed by atoms with Crippen molar-refractivity contribution in [1.82, 2.24) is 15.5 Å². The Hall–Kier alpha value is -5.77. The van der Waals surface area contributed by atoms with Gasteiger partial charge in [-0.25, -0.2) is 8.42 Å². The lowest BCUT2D eigenvalue weighted by atomic mass is 10.0. The third-order valence-electron chi connectivity index (χ3n) is 9.39. The number of sulfonamides is 1. The number of hydrogen-bond donors (Lipinski definition) is 4. The number of nitrogens with one attached hydrogen (secondary N) is 4. The molecule has 1 unspecified atom stereocenters. The number of imide groups is 2. The number of alkyl halides is 3. The Kier molecular flexibility index (Phi) is 15.3. The molecule has 2 heterocycles. The highest BCUT2D eigenvalue weighted by Crippen LogP contribution is 2.38. The van der Waals surface area contributed by atoms with Crippen LogP contribution in [0.2, 0.25) is 10.0 Å². The fourth-order valence-corrected chi connectivity index (χ4v) is 7.85. The minimum Gasteiger partial charge on any atom is -0.455 e. The molecule has 0 aliphatic carbocycles. The fourth-order valence-electron chi connectivity index (χ4n) is 6.37. The van der Waals surface area contributed by atoms with Gasteiger partial charge in [0.15, 0.2) is 5.75 Å². The van der Waals surface area contributed by atoms with Crippen LogP contribution in [0.1, 0.15) is 49.5 Å². The number of halogens is 5. The van der Waals surface area contributed by atoms with E-state index in [0.717, 1.165) is 17.0 Å². The van der Waals surface area contributed by atoms with Crippen molar-refractivity contribution in [2.24, 2.45) is 0 Å². The van der Waals surface area contributed by atoms with Crippen LogP contribution in [-0.2, 0) is 40.0 Å². The third-order valence-corrected chi connectivity index (χ3v) is 11.3. The summed E-state index contributed by atoms with van der Waals surface area (Å²) in [6.07, 6.45) is -4.80. The van der Waals surface area contributed by atoms with Gasteiger partial charge in [-0.05, 0) is 79.2 Å². The Bertz CT molecular complexity index is 2490. The number of amides is 5. The molecule has 5 amide bonds. The van der Waals surface area contributed by atoms with Gasteiger partial charge in [0.1, 0.15) is 11.8 Å². The number of rotatable bonds is 20. The first kappa shape index (κ1) is 46.7. The zero-order valence-electron chi connectivity index (χ0n) is 32.9. The summed E-state index contributed by atoms with van der Waals surface area (Å²) in [6.45, 7) is 2.03. The summed E-state index contributed by atoms with van der Waals surface area (Å²) in [4.78, 5) is 62.9. The highest BCUT2D eigenvalue weighted by Gasteiger charge is 2.45. The smallest absolute Gasteiger partial charge is 0.417 e. The minimum absolute atomic E-state index is 0.0262. The first-order chi connectivity index (χ1) is 30.0. The topological polar surface area (TPSA) is 208 Å². The maximum atomic E-state index is 13.4. The minimum atomic E-state index is -4.89. The lowest BCUT2D eigenvalue weighted by Gasteiger charge is -2.27. The van der Waals surface area contributed by atoms with Crippen molar-refractivity contribution in [3.63, 3.8) is 0 Å². The molecule has 63 heavy (non-hydrogen) atoms. The molecule has 2 aliphatic rings. The quantitative estimate of drug-likeness (QED) is 0.0604. The molecule has 0 bridgehead atoms. The van der Waals surface area contributed by atoms with Gasteiger partial charge in [-0.15, -0.1) is 0 Å². The van der Waals surface area contributed by atoms with E-state index in [2.05, 4.69) is 20.7 Å². The second kappa shape index (κ2) is 20.6. The van der Waals surface area contributed by atoms with E-state index in [1.807, 2.05) is 0 Å². The summed E-state index contributed by atoms with van der Waals surface area (Å²) >= 11 is 11.7. The van der Waals surface area contributed by atoms with Crippen LogP contribution in [0.4, 0.5) is 24.5 Å². The third kappa shape index (κ3) is 11.8. The Balaban J connectivity index is 0.849. The molecule has 16 nitrogen and oxygen atoms in total. The van der Waals surface area contributed by atoms with Gasteiger partial charge in [0.2, 0.25) is 11.8 Å². The summed E-state index contributed by atoms with van der Waals surface area (Å²) < 4.78 is 90.8. The monoisotopic (exact) mass is 935 g/mol. The Morgan fingerprint density at radius 1 is 0.810 bits per heavy atom. The van der Waals surface area contributed by atoms with Crippen LogP contribution in [0.15, 0.2) is 83.8 Å². The predicted octanol–water partition coefficient (Wildman–Crippen LogP) is 5.90. The second-order valence-electron chi connectivity index (χ2n) is 13.7. The Labute approximate surface area is 368 Å². The van der Waals surface area contributed by atoms with Crippen molar-refractivity contribution in [2.75, 3.05) is 62.8 Å². The normalized spacial score (nSPS) is 15.3. The number of benzene rings is 4. The van der Waals surface area contributed by atoms with E-state index in [1.54, 1.807) is 12.1 Å². The van der Waals surface area contributed by atoms with Crippen molar-refractivity contribution >= 4 is 74.1 Å². The zero-order valence-corrected chi connectivity index (χ0v) is 35.2. The first-order valence-electron chi connectivity index (χ1n) is 19.1. The van der Waals surface area contributed by atoms with E-state index in [-0.39, 0.29) is 97.9 Å². The Morgan fingerprint density at radius 2 is 1.49 bits per heavy atom. The van der Waals surface area contributed by atoms with E-state index < -0.39 is 67.3 Å². The number of anilines is 2. The molecule has 1 fully saturated rings. The molecule has 0 aromatic heterocycles. The largest absolute Gasteiger partial charge is 0.455 e. The second-order valence-corrected chi connectivity index (χ2v) is 16.2. The zero-order chi connectivity index (χ0) is 45.3. The van der Waals surface area contributed by atoms with Crippen LogP contribution in [0.25, 0.3) is 0 Å². The van der Waals surface area contributed by atoms with E-state index in [0.29, 0.717) is 18.3 Å². The number of carbonyl (C=O) groups is 5. The summed E-state index contributed by atoms with van der Waals surface area (Å²) in [6, 6.07) is 15.8. The van der Waals surface area contributed by atoms with E-state index in [1.165, 1.54) is 48.5 Å². The summed E-state index contributed by atoms with van der Waals surface area (Å²) in [5.74, 6) is -2.55. The van der Waals surface area contributed by atoms with Crippen molar-refractivity contribution < 1.29 is 64.5 Å². The molecule has 4 aromatic rings. The summed E-state index contributed by atoms with van der Waals surface area (Å²) in [5, 5.41) is 7.43. The molecule has 4 aromatic carbocycles. The van der Waals surface area contributed by atoms with E-state index >= 15 is 0 Å². The lowest BCUT2D eigenvalue weighted by Crippen LogP contribution is -2.54. The average Bonchev–Trinajstić information content (AvgIpc) is 3.49. The number of carbonyl (C=O) groups excluding carboxylic acids is 5. The van der Waals surface area contributed by atoms with Gasteiger partial charge in [0.25, 0.3) is 27.7 Å². The van der Waals surface area contributed by atoms with Crippen molar-refractivity contribution in [3.05, 3.63) is 111 Å². The van der Waals surface area contributed by atoms with Crippen LogP contribution in [0.3, 0.4) is 0 Å². The number of piperidine rings is 1. The standard InChI is InChI=1S/C41H38Cl2F3N5O11S/c42-25-6-12-34(32(22-25)50-63(57,58)27-9-10-30(43)29(23-27)41(44,45)46)62-26-7-4-24(5-8-26)37(53)48-15-17-60-19-21-61-20-18-59-16-14-47-31-3-1-2-28-36(31)40(56)51(39(28)55)33-11-13-35(52)49-38(33)54/h1-10,12,22-23,33,47,50H,11,13-21H2,(H,48,53)(H,49,52,54). The van der Waals surface area contributed by atoms with Gasteiger partial charge in [-0.1, -0.05) is 29.3 Å². The molecule has 4 N–H and O–H groups in total. The number of nitrogens with zero attached hydrogens (tertiary/aromatic N) is 1. The van der Waals surface area contributed by atoms with Gasteiger partial charge < -0.3 is 29.6 Å². The maximum absolute atomic E-state index is 13.4. The molecular weight excluding hydrogens is 898 g/mol. The molecule has 2 aliphatic heterocycles. The molecule has 6 rings (SSSR count). The predicted molar refractivity (Wildman–Crippen MR) is 222 cm³/mol. The summed E-state index contributed by atoms with van der Waals surface area (Å²) in [5.41, 5.74) is -0.441. The SMILES string of the molecule is O=C1CCC(N2C(=O)c3cccc(NCCOCCOCCOCCNC(=O)c4ccc(Oc5ccc(Cl)cc5NS(=O)(=O)c5ccc(Cl)c(C(F)(F)F)c5)cc4)c3C2=O)C(=O)N1. The molecule has 0 radical (unpaired) electrons. The number of hydrogen-bond acceptors (Lipinski definition) is 12. The van der Waals surface area contributed by atoms with E-state index in [4.69, 9.17) is 42.1 Å². The van der Waals surface area contributed by atoms with Gasteiger partial charge in [-0.3, -0.25) is 38.9 Å². The van der Waals surface area contributed by atoms with E-state index in [9.17, 15) is 45.6 Å². The highest BCUT2D eigenvalue weighted by atomic mass is 35.5. The fraction of sp³-hybridized carbons (Fsp3) is 0.293. The average molecular weight is 937 g/mol. The van der Waals surface area contributed by atoms with Crippen LogP contribution in [0.5, 0.6) is 11.5 Å².